The van der Waals surface area contributed by atoms with E-state index in [1.165, 1.54) is 6.07 Å². The molecule has 2 aromatic heterocycles. The SMILES string of the molecule is O=C(O)c1cccc(CNCCn2cccn2)n1. The van der Waals surface area contributed by atoms with Gasteiger partial charge in [-0.1, -0.05) is 6.07 Å². The van der Waals surface area contributed by atoms with Crippen molar-refractivity contribution >= 4 is 5.97 Å². The van der Waals surface area contributed by atoms with Gasteiger partial charge in [0.25, 0.3) is 0 Å². The lowest BCUT2D eigenvalue weighted by Crippen LogP contribution is -2.20. The topological polar surface area (TPSA) is 80.0 Å². The van der Waals surface area contributed by atoms with Crippen molar-refractivity contribution in [2.24, 2.45) is 0 Å². The van der Waals surface area contributed by atoms with Crippen LogP contribution < -0.4 is 5.32 Å². The fourth-order valence-electron chi connectivity index (χ4n) is 1.54. The number of aromatic carboxylic acids is 1. The number of nitrogens with zero attached hydrogens (tertiary/aromatic N) is 3. The number of carboxylic acids is 1. The molecule has 0 amide bonds. The zero-order valence-corrected chi connectivity index (χ0v) is 9.78. The lowest BCUT2D eigenvalue weighted by molar-refractivity contribution is 0.0690. The number of nitrogens with one attached hydrogen (secondary N) is 1. The predicted molar refractivity (Wildman–Crippen MR) is 65.1 cm³/mol. The Labute approximate surface area is 104 Å². The van der Waals surface area contributed by atoms with Crippen LogP contribution >= 0.6 is 0 Å². The number of aromatic nitrogens is 3. The maximum Gasteiger partial charge on any atom is 0.354 e. The highest BCUT2D eigenvalue weighted by Crippen LogP contribution is 1.99. The summed E-state index contributed by atoms with van der Waals surface area (Å²) in [5, 5.41) is 16.1. The quantitative estimate of drug-likeness (QED) is 0.736. The molecule has 0 unspecified atom stereocenters. The summed E-state index contributed by atoms with van der Waals surface area (Å²) in [6.45, 7) is 2.06. The molecule has 0 bridgehead atoms. The maximum atomic E-state index is 10.7. The third-order valence-corrected chi connectivity index (χ3v) is 2.41. The van der Waals surface area contributed by atoms with Crippen LogP contribution in [0.2, 0.25) is 0 Å². The Kier molecular flexibility index (Phi) is 4.03. The van der Waals surface area contributed by atoms with E-state index in [1.54, 1.807) is 18.3 Å². The Balaban J connectivity index is 1.79. The second-order valence-electron chi connectivity index (χ2n) is 3.77. The van der Waals surface area contributed by atoms with E-state index in [9.17, 15) is 4.79 Å². The highest BCUT2D eigenvalue weighted by Gasteiger charge is 2.04. The second-order valence-corrected chi connectivity index (χ2v) is 3.77. The number of carbonyl (C=O) groups is 1. The number of hydrogen-bond acceptors (Lipinski definition) is 4. The molecule has 0 saturated heterocycles. The van der Waals surface area contributed by atoms with Gasteiger partial charge in [0.05, 0.1) is 12.2 Å². The van der Waals surface area contributed by atoms with E-state index >= 15 is 0 Å². The summed E-state index contributed by atoms with van der Waals surface area (Å²) in [6, 6.07) is 6.85. The van der Waals surface area contributed by atoms with Crippen LogP contribution in [0.15, 0.2) is 36.7 Å². The summed E-state index contributed by atoms with van der Waals surface area (Å²) in [6.07, 6.45) is 3.63. The van der Waals surface area contributed by atoms with Crippen molar-refractivity contribution in [3.63, 3.8) is 0 Å². The summed E-state index contributed by atoms with van der Waals surface area (Å²) in [7, 11) is 0. The summed E-state index contributed by atoms with van der Waals surface area (Å²) in [5.74, 6) is -1.01. The molecule has 94 valence electrons. The molecule has 0 saturated carbocycles. The molecule has 2 rings (SSSR count). The minimum absolute atomic E-state index is 0.0707. The van der Waals surface area contributed by atoms with E-state index in [1.807, 2.05) is 16.9 Å². The van der Waals surface area contributed by atoms with Crippen molar-refractivity contribution in [2.45, 2.75) is 13.1 Å². The van der Waals surface area contributed by atoms with Crippen molar-refractivity contribution in [2.75, 3.05) is 6.54 Å². The molecular weight excluding hydrogens is 232 g/mol. The normalized spacial score (nSPS) is 10.4. The molecule has 2 aromatic rings. The van der Waals surface area contributed by atoms with Gasteiger partial charge in [0, 0.05) is 25.5 Å². The highest BCUT2D eigenvalue weighted by molar-refractivity contribution is 5.85. The lowest BCUT2D eigenvalue weighted by Gasteiger charge is -2.05. The molecule has 0 radical (unpaired) electrons. The molecule has 18 heavy (non-hydrogen) atoms. The molecular formula is C12H14N4O2. The molecule has 0 fully saturated rings. The molecule has 0 aromatic carbocycles. The van der Waals surface area contributed by atoms with E-state index < -0.39 is 5.97 Å². The van der Waals surface area contributed by atoms with Crippen LogP contribution in [-0.2, 0) is 13.1 Å². The van der Waals surface area contributed by atoms with E-state index in [4.69, 9.17) is 5.11 Å². The molecule has 0 spiro atoms. The van der Waals surface area contributed by atoms with Crippen molar-refractivity contribution in [3.05, 3.63) is 48.0 Å². The fourth-order valence-corrected chi connectivity index (χ4v) is 1.54. The Bertz CT molecular complexity index is 511. The molecule has 6 nitrogen and oxygen atoms in total. The minimum atomic E-state index is -1.01. The van der Waals surface area contributed by atoms with Gasteiger partial charge in [-0.2, -0.15) is 5.10 Å². The molecule has 2 heterocycles. The number of hydrogen-bond donors (Lipinski definition) is 2. The van der Waals surface area contributed by atoms with E-state index in [0.717, 1.165) is 18.8 Å². The third-order valence-electron chi connectivity index (χ3n) is 2.41. The summed E-state index contributed by atoms with van der Waals surface area (Å²) >= 11 is 0. The Hall–Kier alpha value is -2.21. The average Bonchev–Trinajstić information content (AvgIpc) is 2.88. The molecule has 0 aliphatic carbocycles. The molecule has 0 aliphatic rings. The lowest BCUT2D eigenvalue weighted by atomic mass is 10.3. The van der Waals surface area contributed by atoms with Gasteiger partial charge >= 0.3 is 5.97 Å². The number of rotatable bonds is 6. The summed E-state index contributed by atoms with van der Waals surface area (Å²) < 4.78 is 1.83. The molecule has 6 heteroatoms. The Morgan fingerprint density at radius 1 is 1.39 bits per heavy atom. The van der Waals surface area contributed by atoms with E-state index in [0.29, 0.717) is 6.54 Å². The first-order valence-electron chi connectivity index (χ1n) is 5.63. The van der Waals surface area contributed by atoms with Crippen LogP contribution in [-0.4, -0.2) is 32.4 Å². The van der Waals surface area contributed by atoms with Gasteiger partial charge in [0.15, 0.2) is 0 Å². The average molecular weight is 246 g/mol. The Morgan fingerprint density at radius 3 is 3.00 bits per heavy atom. The van der Waals surface area contributed by atoms with Crippen LogP contribution in [0.5, 0.6) is 0 Å². The highest BCUT2D eigenvalue weighted by atomic mass is 16.4. The number of pyridine rings is 1. The van der Waals surface area contributed by atoms with Gasteiger partial charge in [-0.3, -0.25) is 4.68 Å². The molecule has 2 N–H and O–H groups in total. The first kappa shape index (κ1) is 12.3. The second kappa shape index (κ2) is 5.92. The molecule has 0 aliphatic heterocycles. The first-order valence-corrected chi connectivity index (χ1v) is 5.63. The standard InChI is InChI=1S/C12H14N4O2/c17-12(18)11-4-1-3-10(15-11)9-13-6-8-16-7-2-5-14-16/h1-5,7,13H,6,8-9H2,(H,17,18). The van der Waals surface area contributed by atoms with Crippen molar-refractivity contribution in [3.8, 4) is 0 Å². The maximum absolute atomic E-state index is 10.7. The van der Waals surface area contributed by atoms with Gasteiger partial charge in [-0.15, -0.1) is 0 Å². The Morgan fingerprint density at radius 2 is 2.28 bits per heavy atom. The summed E-state index contributed by atoms with van der Waals surface area (Å²) in [5.41, 5.74) is 0.789. The first-order chi connectivity index (χ1) is 8.75. The minimum Gasteiger partial charge on any atom is -0.477 e. The van der Waals surface area contributed by atoms with Gasteiger partial charge in [0.2, 0.25) is 0 Å². The van der Waals surface area contributed by atoms with Crippen molar-refractivity contribution < 1.29 is 9.90 Å². The predicted octanol–water partition coefficient (Wildman–Crippen LogP) is 0.766. The monoisotopic (exact) mass is 246 g/mol. The van der Waals surface area contributed by atoms with Crippen molar-refractivity contribution in [1.29, 1.82) is 0 Å². The van der Waals surface area contributed by atoms with Crippen LogP contribution in [0.1, 0.15) is 16.2 Å². The zero-order chi connectivity index (χ0) is 12.8. The fraction of sp³-hybridized carbons (Fsp3) is 0.250. The zero-order valence-electron chi connectivity index (χ0n) is 9.78. The van der Waals surface area contributed by atoms with Gasteiger partial charge in [0.1, 0.15) is 5.69 Å². The van der Waals surface area contributed by atoms with Gasteiger partial charge in [-0.05, 0) is 18.2 Å². The van der Waals surface area contributed by atoms with Gasteiger partial charge < -0.3 is 10.4 Å². The third kappa shape index (κ3) is 3.39. The van der Waals surface area contributed by atoms with E-state index in [-0.39, 0.29) is 5.69 Å². The van der Waals surface area contributed by atoms with Crippen LogP contribution in [0.3, 0.4) is 0 Å². The number of carboxylic acid groups (broad SMARTS) is 1. The smallest absolute Gasteiger partial charge is 0.354 e. The van der Waals surface area contributed by atoms with Gasteiger partial charge in [-0.25, -0.2) is 9.78 Å². The summed E-state index contributed by atoms with van der Waals surface area (Å²) in [4.78, 5) is 14.8. The van der Waals surface area contributed by atoms with Crippen LogP contribution in [0, 0.1) is 0 Å². The largest absolute Gasteiger partial charge is 0.477 e. The molecule has 0 atom stereocenters. The van der Waals surface area contributed by atoms with Crippen molar-refractivity contribution in [1.82, 2.24) is 20.1 Å². The van der Waals surface area contributed by atoms with Crippen LogP contribution in [0.4, 0.5) is 0 Å². The van der Waals surface area contributed by atoms with Crippen LogP contribution in [0.25, 0.3) is 0 Å². The van der Waals surface area contributed by atoms with E-state index in [2.05, 4.69) is 15.4 Å².